The van der Waals surface area contributed by atoms with Crippen LogP contribution in [0.1, 0.15) is 17.3 Å². The summed E-state index contributed by atoms with van der Waals surface area (Å²) < 4.78 is 0.629. The van der Waals surface area contributed by atoms with Gasteiger partial charge in [-0.15, -0.1) is 11.3 Å². The summed E-state index contributed by atoms with van der Waals surface area (Å²) in [6.07, 6.45) is 1.60. The van der Waals surface area contributed by atoms with E-state index in [-0.39, 0.29) is 11.6 Å². The number of aromatic carboxylic acids is 1. The van der Waals surface area contributed by atoms with Crippen LogP contribution in [-0.4, -0.2) is 33.6 Å². The van der Waals surface area contributed by atoms with Gasteiger partial charge in [0.25, 0.3) is 0 Å². The highest BCUT2D eigenvalue weighted by Gasteiger charge is 2.14. The summed E-state index contributed by atoms with van der Waals surface area (Å²) in [6, 6.07) is 8.16. The number of benzene rings is 1. The maximum Gasteiger partial charge on any atom is 0.337 e. The van der Waals surface area contributed by atoms with E-state index >= 15 is 0 Å². The fraction of sp³-hybridized carbons (Fsp3) is 0.125. The third kappa shape index (κ3) is 3.18. The maximum atomic E-state index is 11.5. The van der Waals surface area contributed by atoms with Crippen LogP contribution in [0.15, 0.2) is 36.5 Å². The van der Waals surface area contributed by atoms with Gasteiger partial charge in [0.1, 0.15) is 10.8 Å². The number of carboxylic acids is 1. The van der Waals surface area contributed by atoms with Crippen LogP contribution in [0.25, 0.3) is 20.8 Å². The monoisotopic (exact) mass is 342 g/mol. The second-order valence-electron chi connectivity index (χ2n) is 4.89. The summed E-state index contributed by atoms with van der Waals surface area (Å²) in [7, 11) is 0. The molecule has 8 heteroatoms. The minimum absolute atomic E-state index is 0.235. The Hall–Kier alpha value is -3.00. The molecule has 0 aliphatic rings. The van der Waals surface area contributed by atoms with E-state index in [9.17, 15) is 14.7 Å². The van der Waals surface area contributed by atoms with Gasteiger partial charge in [-0.2, -0.15) is 0 Å². The Morgan fingerprint density at radius 2 is 2.08 bits per heavy atom. The van der Waals surface area contributed by atoms with Gasteiger partial charge >= 0.3 is 12.0 Å². The molecule has 0 atom stereocenters. The standard InChI is InChI=1S/C16H14N4O3S/c1-2-17-16(23)20-12-7-6-9(8-18-12)14-19-11-5-3-4-10(15(21)22)13(11)24-14/h3-8H,2H2,1H3,(H,21,22)(H2,17,18,20,23). The summed E-state index contributed by atoms with van der Waals surface area (Å²) >= 11 is 1.30. The molecule has 0 unspecified atom stereocenters. The Bertz CT molecular complexity index is 905. The van der Waals surface area contributed by atoms with Crippen molar-refractivity contribution < 1.29 is 14.7 Å². The largest absolute Gasteiger partial charge is 0.478 e. The lowest BCUT2D eigenvalue weighted by Crippen LogP contribution is -2.28. The Morgan fingerprint density at radius 1 is 1.25 bits per heavy atom. The molecule has 2 aromatic heterocycles. The maximum absolute atomic E-state index is 11.5. The van der Waals surface area contributed by atoms with Crippen molar-refractivity contribution >= 4 is 39.4 Å². The zero-order valence-electron chi connectivity index (χ0n) is 12.7. The van der Waals surface area contributed by atoms with Crippen molar-refractivity contribution in [1.82, 2.24) is 15.3 Å². The van der Waals surface area contributed by atoms with Crippen molar-refractivity contribution in [2.24, 2.45) is 0 Å². The van der Waals surface area contributed by atoms with E-state index in [0.717, 1.165) is 5.56 Å². The van der Waals surface area contributed by atoms with Gasteiger partial charge < -0.3 is 10.4 Å². The third-order valence-corrected chi connectivity index (χ3v) is 4.39. The van der Waals surface area contributed by atoms with E-state index in [1.807, 2.05) is 6.92 Å². The van der Waals surface area contributed by atoms with Crippen LogP contribution in [0.4, 0.5) is 10.6 Å². The minimum Gasteiger partial charge on any atom is -0.478 e. The quantitative estimate of drug-likeness (QED) is 0.675. The molecule has 0 aliphatic carbocycles. The van der Waals surface area contributed by atoms with Gasteiger partial charge in [-0.3, -0.25) is 5.32 Å². The first-order valence-electron chi connectivity index (χ1n) is 7.22. The lowest BCUT2D eigenvalue weighted by Gasteiger charge is -2.04. The number of nitrogens with one attached hydrogen (secondary N) is 2. The van der Waals surface area contributed by atoms with Crippen LogP contribution in [0.5, 0.6) is 0 Å². The number of carbonyl (C=O) groups excluding carboxylic acids is 1. The highest BCUT2D eigenvalue weighted by atomic mass is 32.1. The van der Waals surface area contributed by atoms with Crippen molar-refractivity contribution in [3.63, 3.8) is 0 Å². The number of fused-ring (bicyclic) bond motifs is 1. The number of carboxylic acid groups (broad SMARTS) is 1. The number of anilines is 1. The topological polar surface area (TPSA) is 104 Å². The highest BCUT2D eigenvalue weighted by Crippen LogP contribution is 2.32. The molecule has 3 aromatic rings. The number of amides is 2. The van der Waals surface area contributed by atoms with Gasteiger partial charge in [0.2, 0.25) is 0 Å². The van der Waals surface area contributed by atoms with E-state index in [4.69, 9.17) is 0 Å². The first kappa shape index (κ1) is 15.9. The molecule has 1 aromatic carbocycles. The van der Waals surface area contributed by atoms with Crippen molar-refractivity contribution in [2.45, 2.75) is 6.92 Å². The molecular weight excluding hydrogens is 328 g/mol. The summed E-state index contributed by atoms with van der Waals surface area (Å²) in [5.41, 5.74) is 1.63. The Kier molecular flexibility index (Phi) is 4.39. The molecule has 0 saturated heterocycles. The molecule has 0 saturated carbocycles. The number of nitrogens with zero attached hydrogens (tertiary/aromatic N) is 2. The van der Waals surface area contributed by atoms with Crippen molar-refractivity contribution in [1.29, 1.82) is 0 Å². The third-order valence-electron chi connectivity index (χ3n) is 3.23. The molecule has 0 fully saturated rings. The van der Waals surface area contributed by atoms with E-state index in [2.05, 4.69) is 20.6 Å². The van der Waals surface area contributed by atoms with Gasteiger partial charge in [-0.05, 0) is 31.2 Å². The highest BCUT2D eigenvalue weighted by molar-refractivity contribution is 7.22. The summed E-state index contributed by atoms with van der Waals surface area (Å²) in [5, 5.41) is 15.2. The second kappa shape index (κ2) is 6.63. The molecule has 24 heavy (non-hydrogen) atoms. The fourth-order valence-corrected chi connectivity index (χ4v) is 3.22. The Balaban J connectivity index is 1.89. The smallest absolute Gasteiger partial charge is 0.337 e. The van der Waals surface area contributed by atoms with Gasteiger partial charge in [-0.25, -0.2) is 19.6 Å². The fourth-order valence-electron chi connectivity index (χ4n) is 2.16. The molecule has 0 aliphatic heterocycles. The molecule has 0 bridgehead atoms. The predicted molar refractivity (Wildman–Crippen MR) is 92.5 cm³/mol. The predicted octanol–water partition coefficient (Wildman–Crippen LogP) is 3.20. The van der Waals surface area contributed by atoms with Gasteiger partial charge in [-0.1, -0.05) is 6.07 Å². The molecule has 7 nitrogen and oxygen atoms in total. The Labute approximate surface area is 141 Å². The molecule has 3 rings (SSSR count). The number of hydrogen-bond acceptors (Lipinski definition) is 5. The van der Waals surface area contributed by atoms with E-state index in [0.29, 0.717) is 27.6 Å². The molecule has 122 valence electrons. The molecule has 3 N–H and O–H groups in total. The zero-order chi connectivity index (χ0) is 17.1. The number of thiazole rings is 1. The number of pyridine rings is 1. The molecule has 2 amide bonds. The normalized spacial score (nSPS) is 10.5. The molecule has 0 radical (unpaired) electrons. The van der Waals surface area contributed by atoms with Gasteiger partial charge in [0, 0.05) is 18.3 Å². The van der Waals surface area contributed by atoms with Crippen molar-refractivity contribution in [2.75, 3.05) is 11.9 Å². The first-order valence-corrected chi connectivity index (χ1v) is 8.04. The van der Waals surface area contributed by atoms with Gasteiger partial charge in [0.05, 0.1) is 15.8 Å². The lowest BCUT2D eigenvalue weighted by molar-refractivity contribution is 0.0699. The number of carbonyl (C=O) groups is 2. The second-order valence-corrected chi connectivity index (χ2v) is 5.89. The lowest BCUT2D eigenvalue weighted by atomic mass is 10.2. The van der Waals surface area contributed by atoms with E-state index < -0.39 is 5.97 Å². The van der Waals surface area contributed by atoms with Gasteiger partial charge in [0.15, 0.2) is 0 Å². The van der Waals surface area contributed by atoms with Crippen LogP contribution >= 0.6 is 11.3 Å². The summed E-state index contributed by atoms with van der Waals surface area (Å²) in [5.74, 6) is -0.549. The van der Waals surface area contributed by atoms with Crippen molar-refractivity contribution in [3.8, 4) is 10.6 Å². The molecule has 2 heterocycles. The number of hydrogen-bond donors (Lipinski definition) is 3. The Morgan fingerprint density at radius 3 is 2.75 bits per heavy atom. The first-order chi connectivity index (χ1) is 11.6. The van der Waals surface area contributed by atoms with Crippen molar-refractivity contribution in [3.05, 3.63) is 42.1 Å². The van der Waals surface area contributed by atoms with Crippen LogP contribution in [0.3, 0.4) is 0 Å². The van der Waals surface area contributed by atoms with E-state index in [1.165, 1.54) is 11.3 Å². The van der Waals surface area contributed by atoms with E-state index in [1.54, 1.807) is 36.5 Å². The number of aromatic nitrogens is 2. The average molecular weight is 342 g/mol. The van der Waals surface area contributed by atoms with Crippen LogP contribution in [-0.2, 0) is 0 Å². The minimum atomic E-state index is -0.976. The summed E-state index contributed by atoms with van der Waals surface area (Å²) in [4.78, 5) is 31.4. The van der Waals surface area contributed by atoms with Crippen LogP contribution in [0, 0.1) is 0 Å². The molecular formula is C16H14N4O3S. The molecule has 0 spiro atoms. The SMILES string of the molecule is CCNC(=O)Nc1ccc(-c2nc3cccc(C(=O)O)c3s2)cn1. The van der Waals surface area contributed by atoms with Crippen LogP contribution < -0.4 is 10.6 Å². The number of rotatable bonds is 4. The summed E-state index contributed by atoms with van der Waals surface area (Å²) in [6.45, 7) is 2.36. The average Bonchev–Trinajstić information content (AvgIpc) is 2.99. The number of urea groups is 1. The van der Waals surface area contributed by atoms with Crippen LogP contribution in [0.2, 0.25) is 0 Å². The zero-order valence-corrected chi connectivity index (χ0v) is 13.6.